The first-order valence-corrected chi connectivity index (χ1v) is 10.0. The molecule has 2 heteroatoms. The maximum atomic E-state index is 5.75. The van der Waals surface area contributed by atoms with E-state index in [1.807, 2.05) is 24.3 Å². The highest BCUT2D eigenvalue weighted by atomic mass is 16.5. The van der Waals surface area contributed by atoms with Gasteiger partial charge in [-0.25, -0.2) is 0 Å². The van der Waals surface area contributed by atoms with E-state index in [-0.39, 0.29) is 0 Å². The van der Waals surface area contributed by atoms with Crippen molar-refractivity contribution in [2.45, 2.75) is 0 Å². The van der Waals surface area contributed by atoms with Crippen LogP contribution < -0.4 is 9.47 Å². The number of ether oxygens (including phenoxy) is 2. The van der Waals surface area contributed by atoms with Crippen molar-refractivity contribution in [1.82, 2.24) is 0 Å². The largest absolute Gasteiger partial charge is 0.496 e. The Bertz CT molecular complexity index is 1370. The summed E-state index contributed by atoms with van der Waals surface area (Å²) in [7, 11) is 3.44. The van der Waals surface area contributed by atoms with Crippen LogP contribution in [0.2, 0.25) is 0 Å². The molecule has 0 heterocycles. The molecule has 0 spiro atoms. The van der Waals surface area contributed by atoms with Crippen molar-refractivity contribution in [3.8, 4) is 33.8 Å². The molecule has 0 aliphatic heterocycles. The molecule has 0 N–H and O–H groups in total. The summed E-state index contributed by atoms with van der Waals surface area (Å²) < 4.78 is 11.5. The summed E-state index contributed by atoms with van der Waals surface area (Å²) in [6.07, 6.45) is 0. The number of rotatable bonds is 4. The molecule has 5 aromatic carbocycles. The molecule has 2 nitrogen and oxygen atoms in total. The highest BCUT2D eigenvalue weighted by Crippen LogP contribution is 2.45. The van der Waals surface area contributed by atoms with Crippen molar-refractivity contribution < 1.29 is 9.47 Å². The van der Waals surface area contributed by atoms with E-state index in [1.54, 1.807) is 14.2 Å². The van der Waals surface area contributed by atoms with Crippen LogP contribution in [0.5, 0.6) is 11.5 Å². The van der Waals surface area contributed by atoms with Crippen molar-refractivity contribution in [2.24, 2.45) is 0 Å². The number of hydrogen-bond donors (Lipinski definition) is 0. The standard InChI is InChI=1S/C28H22O2/c1-29-26-13-7-5-11-22(26)24-18-17-21-20-10-4-3-9-19(20)15-16-23(21)28(24)25-12-6-8-14-27(25)30-2/h3-18H,1-2H3. The van der Waals surface area contributed by atoms with Crippen LogP contribution in [0.4, 0.5) is 0 Å². The predicted molar refractivity (Wildman–Crippen MR) is 125 cm³/mol. The van der Waals surface area contributed by atoms with Gasteiger partial charge < -0.3 is 9.47 Å². The quantitative estimate of drug-likeness (QED) is 0.299. The van der Waals surface area contributed by atoms with E-state index in [2.05, 4.69) is 72.8 Å². The third-order valence-corrected chi connectivity index (χ3v) is 5.70. The van der Waals surface area contributed by atoms with E-state index in [0.717, 1.165) is 33.8 Å². The van der Waals surface area contributed by atoms with Crippen LogP contribution >= 0.6 is 0 Å². The summed E-state index contributed by atoms with van der Waals surface area (Å²) in [6.45, 7) is 0. The Morgan fingerprint density at radius 2 is 1.03 bits per heavy atom. The second-order valence-corrected chi connectivity index (χ2v) is 7.27. The first-order valence-electron chi connectivity index (χ1n) is 10.0. The highest BCUT2D eigenvalue weighted by Gasteiger charge is 2.18. The number of methoxy groups -OCH3 is 2. The Labute approximate surface area is 176 Å². The van der Waals surface area contributed by atoms with Gasteiger partial charge in [-0.2, -0.15) is 0 Å². The molecule has 0 aliphatic rings. The Kier molecular flexibility index (Phi) is 4.61. The second kappa shape index (κ2) is 7.57. The van der Waals surface area contributed by atoms with Gasteiger partial charge in [-0.3, -0.25) is 0 Å². The summed E-state index contributed by atoms with van der Waals surface area (Å²) in [5, 5.41) is 4.91. The zero-order valence-electron chi connectivity index (χ0n) is 17.1. The van der Waals surface area contributed by atoms with Gasteiger partial charge in [0.25, 0.3) is 0 Å². The van der Waals surface area contributed by atoms with Crippen LogP contribution in [-0.2, 0) is 0 Å². The van der Waals surface area contributed by atoms with Crippen LogP contribution in [0, 0.1) is 0 Å². The molecule has 5 aromatic rings. The summed E-state index contributed by atoms with van der Waals surface area (Å²) >= 11 is 0. The van der Waals surface area contributed by atoms with Gasteiger partial charge in [0.05, 0.1) is 14.2 Å². The molecule has 0 radical (unpaired) electrons. The van der Waals surface area contributed by atoms with Gasteiger partial charge in [0, 0.05) is 16.7 Å². The van der Waals surface area contributed by atoms with Crippen LogP contribution in [0.3, 0.4) is 0 Å². The minimum Gasteiger partial charge on any atom is -0.496 e. The van der Waals surface area contributed by atoms with Gasteiger partial charge in [-0.05, 0) is 39.2 Å². The number of fused-ring (bicyclic) bond motifs is 3. The molecular weight excluding hydrogens is 368 g/mol. The molecule has 30 heavy (non-hydrogen) atoms. The molecule has 0 amide bonds. The zero-order chi connectivity index (χ0) is 20.5. The Morgan fingerprint density at radius 1 is 0.433 bits per heavy atom. The minimum atomic E-state index is 0.855. The van der Waals surface area contributed by atoms with Crippen molar-refractivity contribution in [2.75, 3.05) is 14.2 Å². The van der Waals surface area contributed by atoms with Gasteiger partial charge >= 0.3 is 0 Å². The minimum absolute atomic E-state index is 0.855. The second-order valence-electron chi connectivity index (χ2n) is 7.27. The Morgan fingerprint density at radius 3 is 1.80 bits per heavy atom. The third-order valence-electron chi connectivity index (χ3n) is 5.70. The van der Waals surface area contributed by atoms with Crippen molar-refractivity contribution in [3.05, 3.63) is 97.1 Å². The number of hydrogen-bond acceptors (Lipinski definition) is 2. The lowest BCUT2D eigenvalue weighted by molar-refractivity contribution is 0.416. The van der Waals surface area contributed by atoms with Crippen molar-refractivity contribution in [1.29, 1.82) is 0 Å². The first kappa shape index (κ1) is 18.3. The summed E-state index contributed by atoms with van der Waals surface area (Å²) in [6, 6.07) is 33.7. The number of para-hydroxylation sites is 2. The average Bonchev–Trinajstić information content (AvgIpc) is 2.83. The van der Waals surface area contributed by atoms with Gasteiger partial charge in [0.15, 0.2) is 0 Å². The molecular formula is C28H22O2. The third kappa shape index (κ3) is 2.89. The fourth-order valence-electron chi connectivity index (χ4n) is 4.32. The molecule has 0 saturated heterocycles. The fraction of sp³-hybridized carbons (Fsp3) is 0.0714. The molecule has 0 saturated carbocycles. The van der Waals surface area contributed by atoms with Gasteiger partial charge in [0.1, 0.15) is 11.5 Å². The normalized spacial score (nSPS) is 11.0. The lowest BCUT2D eigenvalue weighted by Crippen LogP contribution is -1.94. The summed E-state index contributed by atoms with van der Waals surface area (Å²) in [5.41, 5.74) is 4.41. The average molecular weight is 390 g/mol. The maximum absolute atomic E-state index is 5.75. The molecule has 5 rings (SSSR count). The van der Waals surface area contributed by atoms with E-state index in [4.69, 9.17) is 9.47 Å². The lowest BCUT2D eigenvalue weighted by atomic mass is 9.87. The van der Waals surface area contributed by atoms with Crippen molar-refractivity contribution in [3.63, 3.8) is 0 Å². The molecule has 0 aliphatic carbocycles. The molecule has 0 fully saturated rings. The van der Waals surface area contributed by atoms with E-state index < -0.39 is 0 Å². The van der Waals surface area contributed by atoms with Gasteiger partial charge in [0.2, 0.25) is 0 Å². The van der Waals surface area contributed by atoms with Crippen LogP contribution in [0.25, 0.3) is 43.8 Å². The maximum Gasteiger partial charge on any atom is 0.126 e. The molecule has 0 bridgehead atoms. The molecule has 0 atom stereocenters. The van der Waals surface area contributed by atoms with Crippen LogP contribution in [-0.4, -0.2) is 14.2 Å². The molecule has 0 unspecified atom stereocenters. The smallest absolute Gasteiger partial charge is 0.126 e. The first-order chi connectivity index (χ1) is 14.8. The Hall–Kier alpha value is -3.78. The fourth-order valence-corrected chi connectivity index (χ4v) is 4.32. The van der Waals surface area contributed by atoms with E-state index in [9.17, 15) is 0 Å². The van der Waals surface area contributed by atoms with Gasteiger partial charge in [-0.1, -0.05) is 84.9 Å². The summed E-state index contributed by atoms with van der Waals surface area (Å²) in [5.74, 6) is 1.71. The van der Waals surface area contributed by atoms with E-state index in [1.165, 1.54) is 21.5 Å². The van der Waals surface area contributed by atoms with Crippen LogP contribution in [0.15, 0.2) is 97.1 Å². The highest BCUT2D eigenvalue weighted by molar-refractivity contribution is 6.15. The number of benzene rings is 5. The monoisotopic (exact) mass is 390 g/mol. The predicted octanol–water partition coefficient (Wildman–Crippen LogP) is 7.34. The van der Waals surface area contributed by atoms with E-state index in [0.29, 0.717) is 0 Å². The summed E-state index contributed by atoms with van der Waals surface area (Å²) in [4.78, 5) is 0. The van der Waals surface area contributed by atoms with Crippen LogP contribution in [0.1, 0.15) is 0 Å². The Balaban J connectivity index is 1.95. The molecule has 146 valence electrons. The SMILES string of the molecule is COc1ccccc1-c1ccc2c(ccc3ccccc32)c1-c1ccccc1OC. The molecule has 0 aromatic heterocycles. The zero-order valence-corrected chi connectivity index (χ0v) is 17.1. The van der Waals surface area contributed by atoms with Gasteiger partial charge in [-0.15, -0.1) is 0 Å². The van der Waals surface area contributed by atoms with Crippen molar-refractivity contribution >= 4 is 21.5 Å². The lowest BCUT2D eigenvalue weighted by Gasteiger charge is -2.19. The topological polar surface area (TPSA) is 18.5 Å². The van der Waals surface area contributed by atoms with E-state index >= 15 is 0 Å².